The summed E-state index contributed by atoms with van der Waals surface area (Å²) in [6.45, 7) is 1.63. The lowest BCUT2D eigenvalue weighted by Crippen LogP contribution is -2.03. The number of aryl methyl sites for hydroxylation is 1. The molecule has 0 bridgehead atoms. The average Bonchev–Trinajstić information content (AvgIpc) is 1.82. The van der Waals surface area contributed by atoms with E-state index in [9.17, 15) is 4.39 Å². The van der Waals surface area contributed by atoms with Gasteiger partial charge in [0.05, 0.1) is 0 Å². The van der Waals surface area contributed by atoms with Gasteiger partial charge < -0.3 is 5.11 Å². The Morgan fingerprint density at radius 1 is 1.50 bits per heavy atom. The van der Waals surface area contributed by atoms with Crippen molar-refractivity contribution >= 4 is 13.3 Å². The summed E-state index contributed by atoms with van der Waals surface area (Å²) in [4.78, 5) is 0. The number of aromatic hydroxyl groups is 1. The van der Waals surface area contributed by atoms with E-state index in [0.29, 0.717) is 5.56 Å². The van der Waals surface area contributed by atoms with E-state index in [1.165, 1.54) is 6.07 Å². The fraction of sp³-hybridized carbons (Fsp3) is 0.143. The first-order chi connectivity index (χ1) is 4.61. The summed E-state index contributed by atoms with van der Waals surface area (Å²) in [5.74, 6) is -0.789. The molecule has 0 spiro atoms. The minimum atomic E-state index is -0.523. The van der Waals surface area contributed by atoms with E-state index in [2.05, 4.69) is 0 Å². The molecule has 0 aliphatic carbocycles. The number of hydrogen-bond donors (Lipinski definition) is 1. The molecule has 10 heavy (non-hydrogen) atoms. The number of hydrogen-bond acceptors (Lipinski definition) is 1. The minimum Gasteiger partial charge on any atom is -0.505 e. The van der Waals surface area contributed by atoms with Crippen LogP contribution in [0.5, 0.6) is 5.75 Å². The highest BCUT2D eigenvalue weighted by Crippen LogP contribution is 2.15. The summed E-state index contributed by atoms with van der Waals surface area (Å²) in [6, 6.07) is 3.09. The fourth-order valence-electron chi connectivity index (χ4n) is 0.928. The SMILES string of the molecule is Bc1cc(C)c(F)c(O)c1. The molecule has 0 fully saturated rings. The Bertz CT molecular complexity index is 237. The van der Waals surface area contributed by atoms with E-state index >= 15 is 0 Å². The summed E-state index contributed by atoms with van der Waals surface area (Å²) in [6.07, 6.45) is 0. The quantitative estimate of drug-likeness (QED) is 0.504. The Morgan fingerprint density at radius 2 is 2.10 bits per heavy atom. The second-order valence-corrected chi connectivity index (χ2v) is 2.41. The van der Waals surface area contributed by atoms with Gasteiger partial charge in [-0.1, -0.05) is 11.5 Å². The van der Waals surface area contributed by atoms with Crippen LogP contribution in [0.4, 0.5) is 4.39 Å². The lowest BCUT2D eigenvalue weighted by Gasteiger charge is -2.00. The molecule has 0 aliphatic rings. The molecule has 0 aromatic heterocycles. The smallest absolute Gasteiger partial charge is 0.167 e. The molecule has 52 valence electrons. The van der Waals surface area contributed by atoms with Gasteiger partial charge in [-0.2, -0.15) is 0 Å². The Hall–Kier alpha value is -0.985. The van der Waals surface area contributed by atoms with Crippen molar-refractivity contribution in [1.82, 2.24) is 0 Å². The molecule has 0 heterocycles. The van der Waals surface area contributed by atoms with Crippen LogP contribution < -0.4 is 5.46 Å². The Labute approximate surface area is 59.9 Å². The van der Waals surface area contributed by atoms with E-state index in [1.54, 1.807) is 13.0 Å². The normalized spacial score (nSPS) is 9.80. The lowest BCUT2D eigenvalue weighted by atomic mass is 9.94. The summed E-state index contributed by atoms with van der Waals surface area (Å²) < 4.78 is 12.7. The van der Waals surface area contributed by atoms with Crippen molar-refractivity contribution in [3.05, 3.63) is 23.5 Å². The van der Waals surface area contributed by atoms with E-state index < -0.39 is 5.82 Å². The fourth-order valence-corrected chi connectivity index (χ4v) is 0.928. The monoisotopic (exact) mass is 138 g/mol. The molecule has 1 aromatic carbocycles. The highest BCUT2D eigenvalue weighted by molar-refractivity contribution is 6.32. The molecule has 0 radical (unpaired) electrons. The van der Waals surface area contributed by atoms with Crippen LogP contribution in [0.1, 0.15) is 5.56 Å². The number of rotatable bonds is 0. The van der Waals surface area contributed by atoms with Crippen LogP contribution in [0.2, 0.25) is 0 Å². The first-order valence-electron chi connectivity index (χ1n) is 3.07. The third kappa shape index (κ3) is 1.13. The van der Waals surface area contributed by atoms with Gasteiger partial charge in [-0.15, -0.1) is 0 Å². The van der Waals surface area contributed by atoms with E-state index in [4.69, 9.17) is 5.11 Å². The molecule has 0 amide bonds. The van der Waals surface area contributed by atoms with Gasteiger partial charge in [0.1, 0.15) is 7.85 Å². The number of halogens is 1. The van der Waals surface area contributed by atoms with Crippen molar-refractivity contribution in [2.75, 3.05) is 0 Å². The Kier molecular flexibility index (Phi) is 1.66. The molecule has 0 aliphatic heterocycles. The van der Waals surface area contributed by atoms with Gasteiger partial charge in [0.15, 0.2) is 11.6 Å². The first-order valence-corrected chi connectivity index (χ1v) is 3.07. The summed E-state index contributed by atoms with van der Waals surface area (Å²) in [7, 11) is 1.81. The van der Waals surface area contributed by atoms with E-state index in [0.717, 1.165) is 5.46 Å². The third-order valence-electron chi connectivity index (χ3n) is 1.38. The van der Waals surface area contributed by atoms with Crippen LogP contribution in [0.25, 0.3) is 0 Å². The standard InChI is InChI=1S/C7H8BFO/c1-4-2-5(8)3-6(10)7(4)9/h2-3,10H,8H2,1H3. The first kappa shape index (κ1) is 7.13. The number of benzene rings is 1. The molecule has 0 saturated heterocycles. The second-order valence-electron chi connectivity index (χ2n) is 2.41. The Balaban J connectivity index is 3.31. The molecule has 1 N–H and O–H groups in total. The summed E-state index contributed by atoms with van der Waals surface area (Å²) >= 11 is 0. The van der Waals surface area contributed by atoms with Crippen LogP contribution in [0.15, 0.2) is 12.1 Å². The van der Waals surface area contributed by atoms with Crippen LogP contribution in [0, 0.1) is 12.7 Å². The van der Waals surface area contributed by atoms with Crippen molar-refractivity contribution in [3.63, 3.8) is 0 Å². The van der Waals surface area contributed by atoms with Crippen molar-refractivity contribution in [2.24, 2.45) is 0 Å². The maximum atomic E-state index is 12.7. The molecule has 1 rings (SSSR count). The molecule has 1 nitrogen and oxygen atoms in total. The van der Waals surface area contributed by atoms with Crippen LogP contribution in [-0.4, -0.2) is 13.0 Å². The average molecular weight is 138 g/mol. The zero-order chi connectivity index (χ0) is 7.72. The summed E-state index contributed by atoms with van der Waals surface area (Å²) in [5, 5.41) is 8.91. The van der Waals surface area contributed by atoms with Gasteiger partial charge in [-0.3, -0.25) is 0 Å². The van der Waals surface area contributed by atoms with Gasteiger partial charge in [0.25, 0.3) is 0 Å². The predicted molar refractivity (Wildman–Crippen MR) is 41.0 cm³/mol. The molecular weight excluding hydrogens is 130 g/mol. The Morgan fingerprint density at radius 3 is 2.60 bits per heavy atom. The maximum absolute atomic E-state index is 12.7. The second kappa shape index (κ2) is 2.33. The molecule has 3 heteroatoms. The van der Waals surface area contributed by atoms with Crippen molar-refractivity contribution in [1.29, 1.82) is 0 Å². The van der Waals surface area contributed by atoms with Gasteiger partial charge in [-0.25, -0.2) is 4.39 Å². The topological polar surface area (TPSA) is 20.2 Å². The van der Waals surface area contributed by atoms with Gasteiger partial charge in [-0.05, 0) is 18.6 Å². The predicted octanol–water partition coefficient (Wildman–Crippen LogP) is 0.0981. The lowest BCUT2D eigenvalue weighted by molar-refractivity contribution is 0.431. The van der Waals surface area contributed by atoms with E-state index in [-0.39, 0.29) is 5.75 Å². The largest absolute Gasteiger partial charge is 0.505 e. The number of phenols is 1. The highest BCUT2D eigenvalue weighted by atomic mass is 19.1. The van der Waals surface area contributed by atoms with Gasteiger partial charge >= 0.3 is 0 Å². The van der Waals surface area contributed by atoms with Crippen molar-refractivity contribution in [2.45, 2.75) is 6.92 Å². The van der Waals surface area contributed by atoms with Gasteiger partial charge in [0.2, 0.25) is 0 Å². The van der Waals surface area contributed by atoms with E-state index in [1.807, 2.05) is 7.85 Å². The van der Waals surface area contributed by atoms with Gasteiger partial charge in [0, 0.05) is 0 Å². The van der Waals surface area contributed by atoms with Crippen LogP contribution in [0.3, 0.4) is 0 Å². The van der Waals surface area contributed by atoms with Crippen LogP contribution >= 0.6 is 0 Å². The molecular formula is C7H8BFO. The zero-order valence-corrected chi connectivity index (χ0v) is 5.98. The maximum Gasteiger partial charge on any atom is 0.167 e. The third-order valence-corrected chi connectivity index (χ3v) is 1.38. The molecule has 0 saturated carbocycles. The molecule has 0 unspecified atom stereocenters. The molecule has 1 aromatic rings. The minimum absolute atomic E-state index is 0.266. The summed E-state index contributed by atoms with van der Waals surface area (Å²) in [5.41, 5.74) is 1.36. The zero-order valence-electron chi connectivity index (χ0n) is 5.98. The number of phenolic OH excluding ortho intramolecular Hbond substituents is 1. The van der Waals surface area contributed by atoms with Crippen molar-refractivity contribution in [3.8, 4) is 5.75 Å². The van der Waals surface area contributed by atoms with Crippen molar-refractivity contribution < 1.29 is 9.50 Å². The van der Waals surface area contributed by atoms with Crippen LogP contribution in [-0.2, 0) is 0 Å². The molecule has 0 atom stereocenters. The highest BCUT2D eigenvalue weighted by Gasteiger charge is 2.02.